The quantitative estimate of drug-likeness (QED) is 0.580. The zero-order chi connectivity index (χ0) is 23.0. The van der Waals surface area contributed by atoms with E-state index in [1.54, 1.807) is 0 Å². The molecular formula is C25H26N2O5S. The summed E-state index contributed by atoms with van der Waals surface area (Å²) in [5.41, 5.74) is 3.73. The van der Waals surface area contributed by atoms with Crippen LogP contribution in [-0.4, -0.2) is 64.7 Å². The number of nitrogens with one attached hydrogen (secondary N) is 1. The lowest BCUT2D eigenvalue weighted by atomic mass is 9.73. The summed E-state index contributed by atoms with van der Waals surface area (Å²) in [5, 5.41) is 12.2. The number of fused-ring (bicyclic) bond motifs is 4. The van der Waals surface area contributed by atoms with E-state index in [2.05, 4.69) is 29.6 Å². The fraction of sp³-hybridized carbons (Fsp3) is 0.400. The summed E-state index contributed by atoms with van der Waals surface area (Å²) in [7, 11) is 0. The second kappa shape index (κ2) is 8.74. The molecule has 8 heteroatoms. The van der Waals surface area contributed by atoms with Crippen LogP contribution in [0.4, 0.5) is 4.79 Å². The molecule has 3 fully saturated rings. The summed E-state index contributed by atoms with van der Waals surface area (Å²) >= 11 is 1.39. The molecule has 7 nitrogen and oxygen atoms in total. The molecule has 2 N–H and O–H groups in total. The number of carboxylic acids is 1. The highest BCUT2D eigenvalue weighted by molar-refractivity contribution is 7.99. The largest absolute Gasteiger partial charge is 0.479 e. The Morgan fingerprint density at radius 3 is 2.33 bits per heavy atom. The fourth-order valence-corrected chi connectivity index (χ4v) is 6.14. The van der Waals surface area contributed by atoms with Gasteiger partial charge in [0.15, 0.2) is 0 Å². The molecule has 2 aliphatic heterocycles. The number of hydrogen-bond donors (Lipinski definition) is 2. The maximum Gasteiger partial charge on any atom is 0.407 e. The van der Waals surface area contributed by atoms with Crippen LogP contribution in [-0.2, 0) is 14.3 Å². The monoisotopic (exact) mass is 466 g/mol. The number of thioether (sulfide) groups is 1. The Kier molecular flexibility index (Phi) is 5.78. The van der Waals surface area contributed by atoms with Crippen LogP contribution in [0.25, 0.3) is 11.1 Å². The number of benzene rings is 2. The van der Waals surface area contributed by atoms with Gasteiger partial charge in [0, 0.05) is 24.8 Å². The zero-order valence-electron chi connectivity index (χ0n) is 18.2. The molecule has 2 aromatic rings. The van der Waals surface area contributed by atoms with Crippen LogP contribution in [0.2, 0.25) is 0 Å². The second-order valence-corrected chi connectivity index (χ2v) is 10.0. The highest BCUT2D eigenvalue weighted by Crippen LogP contribution is 2.50. The van der Waals surface area contributed by atoms with E-state index in [1.807, 2.05) is 24.3 Å². The molecule has 2 amide bonds. The molecule has 172 valence electrons. The Morgan fingerprint density at radius 2 is 1.70 bits per heavy atom. The maximum absolute atomic E-state index is 12.5. The van der Waals surface area contributed by atoms with Crippen molar-refractivity contribution in [3.63, 3.8) is 0 Å². The molecule has 2 aliphatic carbocycles. The number of amides is 2. The number of nitrogens with zero attached hydrogens (tertiary/aromatic N) is 1. The van der Waals surface area contributed by atoms with Crippen molar-refractivity contribution < 1.29 is 24.2 Å². The SMILES string of the molecule is O=C(NCCSCC(=O)N1CC2CC1(C(=O)O)C2)OCC1c2ccccc2-c2ccccc21. The predicted octanol–water partition coefficient (Wildman–Crippen LogP) is 3.33. The van der Waals surface area contributed by atoms with Gasteiger partial charge in [-0.05, 0) is 41.0 Å². The van der Waals surface area contributed by atoms with Gasteiger partial charge in [-0.1, -0.05) is 48.5 Å². The minimum Gasteiger partial charge on any atom is -0.479 e. The first kappa shape index (κ1) is 21.8. The normalized spacial score (nSPS) is 22.3. The molecule has 0 spiro atoms. The minimum atomic E-state index is -0.970. The Hall–Kier alpha value is -3.00. The highest BCUT2D eigenvalue weighted by Gasteiger charge is 2.62. The molecule has 2 heterocycles. The van der Waals surface area contributed by atoms with Gasteiger partial charge in [0.2, 0.25) is 5.91 Å². The fourth-order valence-electron chi connectivity index (χ4n) is 5.42. The third kappa shape index (κ3) is 3.86. The van der Waals surface area contributed by atoms with Crippen molar-refractivity contribution in [3.05, 3.63) is 59.7 Å². The van der Waals surface area contributed by atoms with Crippen LogP contribution in [0.5, 0.6) is 0 Å². The van der Waals surface area contributed by atoms with Gasteiger partial charge in [-0.15, -0.1) is 0 Å². The standard InChI is InChI=1S/C25H26N2O5S/c28-22(27-13-16-11-25(27,12-16)23(29)30)15-33-10-9-26-24(31)32-14-21-19-7-3-1-5-17(19)18-6-2-4-8-20(18)21/h1-8,16,21H,9-15H2,(H,26,31)(H,29,30). The summed E-state index contributed by atoms with van der Waals surface area (Å²) in [6, 6.07) is 16.4. The average Bonchev–Trinajstić information content (AvgIpc) is 3.46. The summed E-state index contributed by atoms with van der Waals surface area (Å²) in [6.45, 7) is 1.18. The Labute approximate surface area is 196 Å². The van der Waals surface area contributed by atoms with Crippen molar-refractivity contribution in [3.8, 4) is 11.1 Å². The molecule has 0 atom stereocenters. The molecule has 0 aromatic heterocycles. The number of carbonyl (C=O) groups is 3. The number of ether oxygens (including phenoxy) is 1. The minimum absolute atomic E-state index is 0.0170. The Bertz CT molecular complexity index is 1050. The smallest absolute Gasteiger partial charge is 0.407 e. The van der Waals surface area contributed by atoms with E-state index in [4.69, 9.17) is 4.74 Å². The van der Waals surface area contributed by atoms with Crippen LogP contribution in [0.3, 0.4) is 0 Å². The van der Waals surface area contributed by atoms with Gasteiger partial charge < -0.3 is 20.1 Å². The number of carbonyl (C=O) groups excluding carboxylic acids is 2. The first-order valence-corrected chi connectivity index (χ1v) is 12.4. The van der Waals surface area contributed by atoms with Crippen molar-refractivity contribution >= 4 is 29.7 Å². The van der Waals surface area contributed by atoms with Crippen molar-refractivity contribution in [2.24, 2.45) is 5.92 Å². The molecule has 1 saturated carbocycles. The number of hydrogen-bond acceptors (Lipinski definition) is 5. The van der Waals surface area contributed by atoms with E-state index in [9.17, 15) is 19.5 Å². The molecule has 6 rings (SSSR count). The van der Waals surface area contributed by atoms with Gasteiger partial charge in [0.05, 0.1) is 5.75 Å². The molecule has 2 saturated heterocycles. The Balaban J connectivity index is 1.05. The van der Waals surface area contributed by atoms with Gasteiger partial charge in [-0.25, -0.2) is 9.59 Å². The summed E-state index contributed by atoms with van der Waals surface area (Å²) in [6.07, 6.45) is 0.665. The number of carboxylic acid groups (broad SMARTS) is 1. The van der Waals surface area contributed by atoms with E-state index in [1.165, 1.54) is 38.9 Å². The van der Waals surface area contributed by atoms with Crippen LogP contribution >= 0.6 is 11.8 Å². The summed E-state index contributed by atoms with van der Waals surface area (Å²) in [4.78, 5) is 37.8. The van der Waals surface area contributed by atoms with E-state index in [-0.39, 0.29) is 24.2 Å². The average molecular weight is 467 g/mol. The predicted molar refractivity (Wildman–Crippen MR) is 125 cm³/mol. The lowest BCUT2D eigenvalue weighted by Gasteiger charge is -2.37. The molecular weight excluding hydrogens is 440 g/mol. The van der Waals surface area contributed by atoms with E-state index < -0.39 is 17.6 Å². The van der Waals surface area contributed by atoms with Crippen molar-refractivity contribution in [2.75, 3.05) is 31.2 Å². The second-order valence-electron chi connectivity index (χ2n) is 8.92. The molecule has 33 heavy (non-hydrogen) atoms. The third-order valence-electron chi connectivity index (χ3n) is 6.99. The van der Waals surface area contributed by atoms with Gasteiger partial charge in [-0.2, -0.15) is 11.8 Å². The summed E-state index contributed by atoms with van der Waals surface area (Å²) in [5.74, 6) is 0.0743. The van der Waals surface area contributed by atoms with E-state index in [0.29, 0.717) is 37.6 Å². The molecule has 2 bridgehead atoms. The molecule has 0 unspecified atom stereocenters. The topological polar surface area (TPSA) is 95.9 Å². The Morgan fingerprint density at radius 1 is 1.06 bits per heavy atom. The number of aliphatic carboxylic acids is 1. The number of alkyl carbamates (subject to hydrolysis) is 1. The van der Waals surface area contributed by atoms with E-state index >= 15 is 0 Å². The van der Waals surface area contributed by atoms with E-state index in [0.717, 1.165) is 0 Å². The van der Waals surface area contributed by atoms with Gasteiger partial charge in [0.25, 0.3) is 0 Å². The van der Waals surface area contributed by atoms with Gasteiger partial charge >= 0.3 is 12.1 Å². The first-order valence-electron chi connectivity index (χ1n) is 11.2. The lowest BCUT2D eigenvalue weighted by Crippen LogP contribution is -2.55. The van der Waals surface area contributed by atoms with Crippen molar-refractivity contribution in [1.29, 1.82) is 0 Å². The molecule has 0 radical (unpaired) electrons. The van der Waals surface area contributed by atoms with Crippen molar-refractivity contribution in [2.45, 2.75) is 24.3 Å². The molecule has 2 aromatic carbocycles. The van der Waals surface area contributed by atoms with Crippen LogP contribution in [0.1, 0.15) is 29.9 Å². The lowest BCUT2D eigenvalue weighted by molar-refractivity contribution is -0.157. The number of rotatable bonds is 8. The van der Waals surface area contributed by atoms with Crippen LogP contribution in [0, 0.1) is 5.92 Å². The molecule has 4 aliphatic rings. The third-order valence-corrected chi connectivity index (χ3v) is 7.94. The van der Waals surface area contributed by atoms with Crippen molar-refractivity contribution in [1.82, 2.24) is 10.2 Å². The van der Waals surface area contributed by atoms with Crippen LogP contribution in [0.15, 0.2) is 48.5 Å². The zero-order valence-corrected chi connectivity index (χ0v) is 19.0. The first-order chi connectivity index (χ1) is 16.0. The van der Waals surface area contributed by atoms with Gasteiger partial charge in [-0.3, -0.25) is 4.79 Å². The maximum atomic E-state index is 12.5. The summed E-state index contributed by atoms with van der Waals surface area (Å²) < 4.78 is 5.51. The van der Waals surface area contributed by atoms with Crippen LogP contribution < -0.4 is 5.32 Å². The van der Waals surface area contributed by atoms with Gasteiger partial charge in [0.1, 0.15) is 12.1 Å². The highest BCUT2D eigenvalue weighted by atomic mass is 32.2.